The number of rotatable bonds is 10. The Hall–Kier alpha value is -6.59. The molecule has 1 heterocycles. The molecule has 266 valence electrons. The van der Waals surface area contributed by atoms with Gasteiger partial charge in [-0.3, -0.25) is 0 Å². The smallest absolute Gasteiger partial charge is 0.189 e. The topological polar surface area (TPSA) is 48.2 Å². The molecule has 53 heavy (non-hydrogen) atoms. The van der Waals surface area contributed by atoms with E-state index in [1.165, 1.54) is 0 Å². The number of hydrogen-bond donors (Lipinski definition) is 0. The van der Waals surface area contributed by atoms with Crippen LogP contribution in [0.5, 0.6) is 0 Å². The van der Waals surface area contributed by atoms with Gasteiger partial charge in [-0.1, -0.05) is 0 Å². The number of aromatic nitrogens is 1. The van der Waals surface area contributed by atoms with Crippen LogP contribution >= 0.6 is 0 Å². The summed E-state index contributed by atoms with van der Waals surface area (Å²) in [5, 5.41) is 12.5. The van der Waals surface area contributed by atoms with Crippen molar-refractivity contribution in [2.24, 2.45) is 0 Å². The van der Waals surface area contributed by atoms with Crippen molar-refractivity contribution in [3.63, 3.8) is 0 Å². The Labute approximate surface area is 313 Å². The van der Waals surface area contributed by atoms with Gasteiger partial charge in [0.1, 0.15) is 0 Å². The molecule has 1 aromatic heterocycles. The van der Waals surface area contributed by atoms with Crippen molar-refractivity contribution in [3.8, 4) is 6.19 Å². The summed E-state index contributed by atoms with van der Waals surface area (Å²) in [6.45, 7) is 0. The SMILES string of the molecule is CN(C)c1ccc(N(c2ccc(N(C)C)cc2)c2ccc3c(c2)c2cc(N(c4ccc(N(C)C)cc4)c4ccc(N(C)C)cc4)ccc2n3C#N)cc1. The summed E-state index contributed by atoms with van der Waals surface area (Å²) in [7, 11) is 16.4. The van der Waals surface area contributed by atoms with Crippen molar-refractivity contribution in [2.45, 2.75) is 0 Å². The van der Waals surface area contributed by atoms with Crippen LogP contribution in [0.3, 0.4) is 0 Å². The molecule has 7 aromatic rings. The fourth-order valence-corrected chi connectivity index (χ4v) is 6.88. The molecule has 6 aromatic carbocycles. The molecule has 0 atom stereocenters. The average Bonchev–Trinajstić information content (AvgIpc) is 3.48. The van der Waals surface area contributed by atoms with E-state index in [-0.39, 0.29) is 0 Å². The molecule has 0 unspecified atom stereocenters. The number of benzene rings is 6. The predicted molar refractivity (Wildman–Crippen MR) is 227 cm³/mol. The van der Waals surface area contributed by atoms with Gasteiger partial charge in [0.15, 0.2) is 6.19 Å². The maximum atomic E-state index is 10.5. The van der Waals surface area contributed by atoms with Gasteiger partial charge in [0.05, 0.1) is 11.0 Å². The van der Waals surface area contributed by atoms with Crippen molar-refractivity contribution in [3.05, 3.63) is 133 Å². The first-order valence-corrected chi connectivity index (χ1v) is 17.7. The highest BCUT2D eigenvalue weighted by Gasteiger charge is 2.20. The third-order valence-corrected chi connectivity index (χ3v) is 9.85. The normalized spacial score (nSPS) is 11.0. The number of nitrogens with zero attached hydrogens (tertiary/aromatic N) is 8. The van der Waals surface area contributed by atoms with Crippen molar-refractivity contribution in [1.82, 2.24) is 4.57 Å². The average molecular weight is 699 g/mol. The van der Waals surface area contributed by atoms with E-state index in [1.807, 2.05) is 0 Å². The van der Waals surface area contributed by atoms with Gasteiger partial charge in [-0.15, -0.1) is 0 Å². The Morgan fingerprint density at radius 2 is 0.566 bits per heavy atom. The van der Waals surface area contributed by atoms with E-state index >= 15 is 0 Å². The molecule has 7 rings (SSSR count). The molecule has 0 saturated carbocycles. The summed E-state index contributed by atoms with van der Waals surface area (Å²) in [5.41, 5.74) is 12.5. The second-order valence-corrected chi connectivity index (χ2v) is 14.2. The van der Waals surface area contributed by atoms with Crippen molar-refractivity contribution < 1.29 is 0 Å². The van der Waals surface area contributed by atoms with Gasteiger partial charge in [0, 0.05) is 124 Å². The van der Waals surface area contributed by atoms with Crippen LogP contribution < -0.4 is 29.4 Å². The highest BCUT2D eigenvalue weighted by Crippen LogP contribution is 2.42. The minimum Gasteiger partial charge on any atom is -0.378 e. The lowest BCUT2D eigenvalue weighted by molar-refractivity contribution is 1.13. The predicted octanol–water partition coefficient (Wildman–Crippen LogP) is 10.3. The zero-order valence-corrected chi connectivity index (χ0v) is 31.8. The van der Waals surface area contributed by atoms with E-state index < -0.39 is 0 Å². The van der Waals surface area contributed by atoms with Crippen molar-refractivity contribution in [1.29, 1.82) is 5.26 Å². The molecular weight excluding hydrogens is 653 g/mol. The molecule has 0 N–H and O–H groups in total. The van der Waals surface area contributed by atoms with Crippen LogP contribution in [0.15, 0.2) is 133 Å². The Bertz CT molecular complexity index is 2130. The minimum absolute atomic E-state index is 0.867. The molecule has 8 nitrogen and oxygen atoms in total. The van der Waals surface area contributed by atoms with E-state index in [1.54, 1.807) is 4.57 Å². The largest absolute Gasteiger partial charge is 0.378 e. The summed E-state index contributed by atoms with van der Waals surface area (Å²) in [5.74, 6) is 0. The first kappa shape index (κ1) is 34.8. The van der Waals surface area contributed by atoms with Gasteiger partial charge in [-0.2, -0.15) is 5.26 Å². The first-order valence-electron chi connectivity index (χ1n) is 17.7. The van der Waals surface area contributed by atoms with Crippen LogP contribution in [-0.2, 0) is 0 Å². The van der Waals surface area contributed by atoms with Gasteiger partial charge in [-0.25, -0.2) is 4.57 Å². The standard InChI is InChI=1S/C45H46N8/c1-47(2)32-9-17-36(18-10-32)52(37-19-11-33(12-20-37)48(3)4)40-25-27-44-42(29-40)43-30-41(26-28-45(43)51(44)31-46)53(38-21-13-34(14-22-38)49(5)6)39-23-15-35(16-24-39)50(7)8/h9-30H,1-8H3. The summed E-state index contributed by atoms with van der Waals surface area (Å²) < 4.78 is 1.74. The van der Waals surface area contributed by atoms with E-state index in [2.05, 4.69) is 225 Å². The molecule has 0 spiro atoms. The van der Waals surface area contributed by atoms with E-state index in [0.717, 1.165) is 78.7 Å². The Morgan fingerprint density at radius 1 is 0.340 bits per heavy atom. The minimum atomic E-state index is 0.867. The second kappa shape index (κ2) is 14.2. The van der Waals surface area contributed by atoms with Gasteiger partial charge >= 0.3 is 0 Å². The number of anilines is 10. The lowest BCUT2D eigenvalue weighted by Crippen LogP contribution is -2.13. The lowest BCUT2D eigenvalue weighted by atomic mass is 10.1. The van der Waals surface area contributed by atoms with Crippen LogP contribution in [0.4, 0.5) is 56.9 Å². The fraction of sp³-hybridized carbons (Fsp3) is 0.178. The van der Waals surface area contributed by atoms with Crippen molar-refractivity contribution in [2.75, 3.05) is 85.8 Å². The highest BCUT2D eigenvalue weighted by atomic mass is 15.2. The lowest BCUT2D eigenvalue weighted by Gasteiger charge is -2.27. The van der Waals surface area contributed by atoms with Crippen LogP contribution in [0.25, 0.3) is 21.8 Å². The Balaban J connectivity index is 1.41. The number of hydrogen-bond acceptors (Lipinski definition) is 7. The molecule has 0 aliphatic rings. The molecule has 0 saturated heterocycles. The second-order valence-electron chi connectivity index (χ2n) is 14.2. The van der Waals surface area contributed by atoms with Gasteiger partial charge in [0.25, 0.3) is 0 Å². The third-order valence-electron chi connectivity index (χ3n) is 9.85. The monoisotopic (exact) mass is 698 g/mol. The van der Waals surface area contributed by atoms with Gasteiger partial charge in [-0.05, 0) is 133 Å². The van der Waals surface area contributed by atoms with Crippen LogP contribution in [0.2, 0.25) is 0 Å². The summed E-state index contributed by atoms with van der Waals surface area (Å²) >= 11 is 0. The van der Waals surface area contributed by atoms with E-state index in [0.29, 0.717) is 0 Å². The highest BCUT2D eigenvalue weighted by molar-refractivity contribution is 6.11. The molecule has 8 heteroatoms. The zero-order valence-electron chi connectivity index (χ0n) is 31.8. The van der Waals surface area contributed by atoms with Crippen LogP contribution in [0, 0.1) is 11.5 Å². The van der Waals surface area contributed by atoms with Crippen LogP contribution in [-0.4, -0.2) is 60.9 Å². The summed E-state index contributed by atoms with van der Waals surface area (Å²) in [6, 6.07) is 47.3. The molecule has 0 aliphatic carbocycles. The van der Waals surface area contributed by atoms with E-state index in [9.17, 15) is 5.26 Å². The summed E-state index contributed by atoms with van der Waals surface area (Å²) in [4.78, 5) is 13.0. The maximum Gasteiger partial charge on any atom is 0.189 e. The number of nitriles is 1. The Morgan fingerprint density at radius 3 is 0.792 bits per heavy atom. The first-order chi connectivity index (χ1) is 25.5. The fourth-order valence-electron chi connectivity index (χ4n) is 6.88. The number of fused-ring (bicyclic) bond motifs is 3. The molecule has 0 fully saturated rings. The van der Waals surface area contributed by atoms with E-state index in [4.69, 9.17) is 0 Å². The van der Waals surface area contributed by atoms with Gasteiger partial charge in [0.2, 0.25) is 0 Å². The third kappa shape index (κ3) is 6.65. The molecule has 0 bridgehead atoms. The van der Waals surface area contributed by atoms with Gasteiger partial charge < -0.3 is 29.4 Å². The maximum absolute atomic E-state index is 10.5. The van der Waals surface area contributed by atoms with Crippen molar-refractivity contribution >= 4 is 78.7 Å². The molecule has 0 radical (unpaired) electrons. The van der Waals surface area contributed by atoms with Crippen LogP contribution in [0.1, 0.15) is 0 Å². The molecule has 0 aliphatic heterocycles. The zero-order chi connectivity index (χ0) is 37.4. The molecule has 0 amide bonds. The quantitative estimate of drug-likeness (QED) is 0.141. The summed E-state index contributed by atoms with van der Waals surface area (Å²) in [6.07, 6.45) is 2.46. The Kier molecular flexibility index (Phi) is 9.34. The molecular formula is C45H46N8.